The fourth-order valence-electron chi connectivity index (χ4n) is 2.09. The van der Waals surface area contributed by atoms with E-state index in [0.29, 0.717) is 25.3 Å². The molecule has 2 aromatic rings. The van der Waals surface area contributed by atoms with Gasteiger partial charge in [0.15, 0.2) is 0 Å². The summed E-state index contributed by atoms with van der Waals surface area (Å²) in [6.07, 6.45) is 2.42. The first-order valence-electron chi connectivity index (χ1n) is 6.30. The van der Waals surface area contributed by atoms with E-state index in [1.165, 1.54) is 0 Å². The summed E-state index contributed by atoms with van der Waals surface area (Å²) in [6, 6.07) is 3.79. The Hall–Kier alpha value is -1.96. The molecule has 0 aromatic carbocycles. The Bertz CT molecular complexity index is 641. The van der Waals surface area contributed by atoms with Crippen molar-refractivity contribution in [1.82, 2.24) is 25.1 Å². The number of hydrogen-bond donors (Lipinski definition) is 2. The van der Waals surface area contributed by atoms with Gasteiger partial charge in [0.25, 0.3) is 5.91 Å². The van der Waals surface area contributed by atoms with E-state index in [2.05, 4.69) is 41.7 Å². The lowest BCUT2D eigenvalue weighted by atomic mass is 10.3. The van der Waals surface area contributed by atoms with Gasteiger partial charge < -0.3 is 15.2 Å². The number of aromatic nitrogens is 4. The highest BCUT2D eigenvalue weighted by Crippen LogP contribution is 2.18. The number of nitrogens with one attached hydrogen (secondary N) is 2. The second-order valence-corrected chi connectivity index (χ2v) is 5.21. The van der Waals surface area contributed by atoms with Gasteiger partial charge in [0.1, 0.15) is 11.6 Å². The van der Waals surface area contributed by atoms with Gasteiger partial charge in [-0.25, -0.2) is 4.98 Å². The molecule has 8 heteroatoms. The van der Waals surface area contributed by atoms with Crippen molar-refractivity contribution in [1.29, 1.82) is 0 Å². The second-order valence-electron chi connectivity index (χ2n) is 4.36. The topological polar surface area (TPSA) is 84.7 Å². The molecule has 3 rings (SSSR count). The molecule has 1 aliphatic rings. The Balaban J connectivity index is 1.65. The minimum atomic E-state index is -0.157. The Morgan fingerprint density at radius 1 is 1.45 bits per heavy atom. The summed E-state index contributed by atoms with van der Waals surface area (Å²) in [5.74, 6) is 1.85. The average Bonchev–Trinajstić information content (AvgIpc) is 2.86. The van der Waals surface area contributed by atoms with Gasteiger partial charge in [0.05, 0.1) is 4.47 Å². The van der Waals surface area contributed by atoms with Crippen LogP contribution in [0.15, 0.2) is 22.8 Å². The van der Waals surface area contributed by atoms with E-state index >= 15 is 0 Å². The van der Waals surface area contributed by atoms with Crippen molar-refractivity contribution in [3.8, 4) is 0 Å². The maximum atomic E-state index is 11.6. The van der Waals surface area contributed by atoms with Crippen molar-refractivity contribution in [2.75, 3.05) is 18.4 Å². The second kappa shape index (κ2) is 5.58. The van der Waals surface area contributed by atoms with Crippen LogP contribution in [-0.4, -0.2) is 38.7 Å². The summed E-state index contributed by atoms with van der Waals surface area (Å²) in [5.41, 5.74) is 0. The third-order valence-corrected chi connectivity index (χ3v) is 3.69. The van der Waals surface area contributed by atoms with Gasteiger partial charge in [-0.05, 0) is 28.1 Å². The van der Waals surface area contributed by atoms with Crippen LogP contribution in [-0.2, 0) is 13.0 Å². The molecule has 0 saturated carbocycles. The molecule has 1 amide bonds. The number of carbonyl (C=O) groups excluding carboxylic acids is 1. The van der Waals surface area contributed by atoms with Crippen LogP contribution in [0.2, 0.25) is 0 Å². The molecule has 0 unspecified atom stereocenters. The fraction of sp³-hybridized carbons (Fsp3) is 0.333. The van der Waals surface area contributed by atoms with Crippen molar-refractivity contribution in [3.63, 3.8) is 0 Å². The number of halogens is 1. The third kappa shape index (κ3) is 2.51. The standard InChI is InChI=1S/C12H13BrN6O/c13-8-2-1-4-14-10(8)15-5-3-9-17-18-11-12(20)16-6-7-19(9)11/h1-2,4H,3,5-7H2,(H,14,15)(H,16,20). The molecule has 0 atom stereocenters. The monoisotopic (exact) mass is 336 g/mol. The smallest absolute Gasteiger partial charge is 0.289 e. The van der Waals surface area contributed by atoms with Gasteiger partial charge in [0.2, 0.25) is 5.82 Å². The molecule has 0 spiro atoms. The largest absolute Gasteiger partial charge is 0.369 e. The van der Waals surface area contributed by atoms with Gasteiger partial charge in [-0.2, -0.15) is 0 Å². The first-order chi connectivity index (χ1) is 9.75. The van der Waals surface area contributed by atoms with Crippen molar-refractivity contribution >= 4 is 27.7 Å². The van der Waals surface area contributed by atoms with Crippen molar-refractivity contribution in [3.05, 3.63) is 34.5 Å². The third-order valence-electron chi connectivity index (χ3n) is 3.05. The Kier molecular flexibility index (Phi) is 3.64. The Labute approximate surface area is 123 Å². The maximum Gasteiger partial charge on any atom is 0.289 e. The normalized spacial score (nSPS) is 13.8. The van der Waals surface area contributed by atoms with E-state index < -0.39 is 0 Å². The number of nitrogens with zero attached hydrogens (tertiary/aromatic N) is 4. The van der Waals surface area contributed by atoms with Crippen molar-refractivity contribution in [2.45, 2.75) is 13.0 Å². The van der Waals surface area contributed by atoms with Crippen molar-refractivity contribution in [2.24, 2.45) is 0 Å². The van der Waals surface area contributed by atoms with Gasteiger partial charge in [-0.3, -0.25) is 4.79 Å². The lowest BCUT2D eigenvalue weighted by Crippen LogP contribution is -2.36. The Morgan fingerprint density at radius 2 is 2.35 bits per heavy atom. The van der Waals surface area contributed by atoms with Gasteiger partial charge >= 0.3 is 0 Å². The minimum Gasteiger partial charge on any atom is -0.369 e. The molecule has 0 saturated heterocycles. The zero-order chi connectivity index (χ0) is 13.9. The fourth-order valence-corrected chi connectivity index (χ4v) is 2.49. The first-order valence-corrected chi connectivity index (χ1v) is 7.09. The van der Waals surface area contributed by atoms with E-state index in [-0.39, 0.29) is 5.91 Å². The van der Waals surface area contributed by atoms with Crippen LogP contribution >= 0.6 is 15.9 Å². The number of hydrogen-bond acceptors (Lipinski definition) is 5. The number of fused-ring (bicyclic) bond motifs is 1. The van der Waals surface area contributed by atoms with Gasteiger partial charge in [-0.1, -0.05) is 0 Å². The van der Waals surface area contributed by atoms with E-state index in [9.17, 15) is 4.79 Å². The van der Waals surface area contributed by atoms with E-state index in [4.69, 9.17) is 0 Å². The molecule has 2 aromatic heterocycles. The molecule has 20 heavy (non-hydrogen) atoms. The molecule has 1 aliphatic heterocycles. The Morgan fingerprint density at radius 3 is 3.20 bits per heavy atom. The number of anilines is 1. The number of pyridine rings is 1. The highest BCUT2D eigenvalue weighted by atomic mass is 79.9. The van der Waals surface area contributed by atoms with Crippen LogP contribution in [0.5, 0.6) is 0 Å². The maximum absolute atomic E-state index is 11.6. The predicted octanol–water partition coefficient (Wildman–Crippen LogP) is 0.834. The summed E-state index contributed by atoms with van der Waals surface area (Å²) < 4.78 is 2.79. The molecule has 7 nitrogen and oxygen atoms in total. The molecule has 0 fully saturated rings. The van der Waals surface area contributed by atoms with Gasteiger partial charge in [0, 0.05) is 32.3 Å². The van der Waals surface area contributed by atoms with Crippen molar-refractivity contribution < 1.29 is 4.79 Å². The lowest BCUT2D eigenvalue weighted by Gasteiger charge is -2.15. The van der Waals surface area contributed by atoms with E-state index in [1.807, 2.05) is 16.7 Å². The lowest BCUT2D eigenvalue weighted by molar-refractivity contribution is 0.0921. The summed E-state index contributed by atoms with van der Waals surface area (Å²) in [6.45, 7) is 2.02. The van der Waals surface area contributed by atoms with E-state index in [1.54, 1.807) is 6.20 Å². The van der Waals surface area contributed by atoms with Gasteiger partial charge in [-0.15, -0.1) is 10.2 Å². The summed E-state index contributed by atoms with van der Waals surface area (Å²) in [5, 5.41) is 14.0. The molecule has 2 N–H and O–H groups in total. The van der Waals surface area contributed by atoms with Crippen LogP contribution in [0, 0.1) is 0 Å². The summed E-state index contributed by atoms with van der Waals surface area (Å²) in [7, 11) is 0. The number of carbonyl (C=O) groups is 1. The summed E-state index contributed by atoms with van der Waals surface area (Å²) in [4.78, 5) is 15.8. The van der Waals surface area contributed by atoms with Crippen LogP contribution < -0.4 is 10.6 Å². The van der Waals surface area contributed by atoms with Crippen LogP contribution in [0.1, 0.15) is 16.4 Å². The highest BCUT2D eigenvalue weighted by Gasteiger charge is 2.21. The average molecular weight is 337 g/mol. The number of rotatable bonds is 4. The quantitative estimate of drug-likeness (QED) is 0.863. The first kappa shape index (κ1) is 13.0. The zero-order valence-corrected chi connectivity index (χ0v) is 12.2. The molecule has 0 radical (unpaired) electrons. The molecule has 104 valence electrons. The zero-order valence-electron chi connectivity index (χ0n) is 10.6. The van der Waals surface area contributed by atoms with Crippen LogP contribution in [0.3, 0.4) is 0 Å². The van der Waals surface area contributed by atoms with Crippen LogP contribution in [0.4, 0.5) is 5.82 Å². The minimum absolute atomic E-state index is 0.157. The molecular weight excluding hydrogens is 324 g/mol. The molecule has 0 bridgehead atoms. The SMILES string of the molecule is O=C1NCCn2c(CCNc3ncccc3Br)nnc21. The predicted molar refractivity (Wildman–Crippen MR) is 76.5 cm³/mol. The highest BCUT2D eigenvalue weighted by molar-refractivity contribution is 9.10. The van der Waals surface area contributed by atoms with Crippen LogP contribution in [0.25, 0.3) is 0 Å². The molecule has 0 aliphatic carbocycles. The number of amides is 1. The van der Waals surface area contributed by atoms with E-state index in [0.717, 1.165) is 22.7 Å². The molecule has 3 heterocycles. The molecular formula is C12H13BrN6O. The summed E-state index contributed by atoms with van der Waals surface area (Å²) >= 11 is 3.43.